The van der Waals surface area contributed by atoms with E-state index in [1.54, 1.807) is 0 Å². The van der Waals surface area contributed by atoms with Gasteiger partial charge in [0, 0.05) is 36.5 Å². The second-order valence-corrected chi connectivity index (χ2v) is 6.91. The Bertz CT molecular complexity index is 865. The molecule has 0 radical (unpaired) electrons. The summed E-state index contributed by atoms with van der Waals surface area (Å²) >= 11 is 0. The van der Waals surface area contributed by atoms with Crippen molar-refractivity contribution in [2.75, 3.05) is 13.1 Å². The molecule has 1 aromatic carbocycles. The van der Waals surface area contributed by atoms with Crippen LogP contribution in [-0.2, 0) is 17.6 Å². The quantitative estimate of drug-likeness (QED) is 0.848. The van der Waals surface area contributed by atoms with E-state index in [1.165, 1.54) is 0 Å². The van der Waals surface area contributed by atoms with E-state index in [1.807, 2.05) is 42.2 Å². The number of fused-ring (bicyclic) bond motifs is 1. The van der Waals surface area contributed by atoms with E-state index in [0.717, 1.165) is 34.8 Å². The van der Waals surface area contributed by atoms with Gasteiger partial charge in [-0.3, -0.25) is 4.79 Å². The van der Waals surface area contributed by atoms with Crippen molar-refractivity contribution in [2.24, 2.45) is 5.41 Å². The summed E-state index contributed by atoms with van der Waals surface area (Å²) in [4.78, 5) is 24.0. The number of nitrogens with zero attached hydrogens (tertiary/aromatic N) is 4. The molecular formula is C20H20N4O. The zero-order valence-corrected chi connectivity index (χ0v) is 14.3. The lowest BCUT2D eigenvalue weighted by Gasteiger charge is -2.22. The van der Waals surface area contributed by atoms with Crippen molar-refractivity contribution in [2.45, 2.75) is 32.6 Å². The lowest BCUT2D eigenvalue weighted by atomic mass is 10.1. The van der Waals surface area contributed by atoms with Gasteiger partial charge in [-0.05, 0) is 31.7 Å². The van der Waals surface area contributed by atoms with Crippen molar-refractivity contribution < 1.29 is 4.79 Å². The summed E-state index contributed by atoms with van der Waals surface area (Å²) in [7, 11) is 0. The molecule has 1 aliphatic heterocycles. The molecule has 1 amide bonds. The summed E-state index contributed by atoms with van der Waals surface area (Å²) in [5.41, 5.74) is 3.43. The van der Waals surface area contributed by atoms with E-state index in [2.05, 4.69) is 11.1 Å². The first-order valence-corrected chi connectivity index (χ1v) is 8.75. The molecule has 5 heteroatoms. The number of carbonyl (C=O) groups excluding carboxylic acids is 1. The van der Waals surface area contributed by atoms with Gasteiger partial charge in [0.05, 0.1) is 6.07 Å². The predicted molar refractivity (Wildman–Crippen MR) is 93.5 cm³/mol. The van der Waals surface area contributed by atoms with Crippen LogP contribution >= 0.6 is 0 Å². The molecule has 1 saturated carbocycles. The molecule has 2 heterocycles. The Morgan fingerprint density at radius 2 is 1.88 bits per heavy atom. The Hall–Kier alpha value is -2.74. The van der Waals surface area contributed by atoms with E-state index >= 15 is 0 Å². The highest BCUT2D eigenvalue weighted by atomic mass is 16.2. The number of aromatic nitrogens is 2. The number of hydrogen-bond donors (Lipinski definition) is 0. The van der Waals surface area contributed by atoms with Crippen LogP contribution < -0.4 is 0 Å². The molecule has 1 aromatic heterocycles. The van der Waals surface area contributed by atoms with Crippen LogP contribution in [0.5, 0.6) is 0 Å². The molecule has 0 bridgehead atoms. The molecule has 4 rings (SSSR count). The number of hydrogen-bond acceptors (Lipinski definition) is 4. The average Bonchev–Trinajstić information content (AvgIpc) is 3.46. The Kier molecular flexibility index (Phi) is 3.76. The number of amides is 1. The maximum atomic E-state index is 12.7. The Labute approximate surface area is 147 Å². The third-order valence-corrected chi connectivity index (χ3v) is 5.24. The van der Waals surface area contributed by atoms with E-state index < -0.39 is 5.41 Å². The number of nitriles is 1. The molecule has 1 fully saturated rings. The first-order valence-electron chi connectivity index (χ1n) is 8.75. The number of carbonyl (C=O) groups is 1. The van der Waals surface area contributed by atoms with Gasteiger partial charge in [0.25, 0.3) is 0 Å². The zero-order chi connectivity index (χ0) is 17.4. The second kappa shape index (κ2) is 5.96. The van der Waals surface area contributed by atoms with E-state index in [9.17, 15) is 10.1 Å². The van der Waals surface area contributed by atoms with Crippen LogP contribution in [0.1, 0.15) is 29.8 Å². The Balaban J connectivity index is 1.61. The van der Waals surface area contributed by atoms with Gasteiger partial charge in [0.1, 0.15) is 5.41 Å². The van der Waals surface area contributed by atoms with Crippen molar-refractivity contribution in [1.29, 1.82) is 5.26 Å². The SMILES string of the molecule is Cc1nc(-c2ccccc2)nc2c1CCN(C(=O)C1(C#N)CC1)CC2. The minimum absolute atomic E-state index is 0.00305. The Morgan fingerprint density at radius 1 is 1.16 bits per heavy atom. The molecule has 2 aromatic rings. The predicted octanol–water partition coefficient (Wildman–Crippen LogP) is 2.68. The average molecular weight is 332 g/mol. The van der Waals surface area contributed by atoms with Crippen LogP contribution in [0.3, 0.4) is 0 Å². The molecule has 0 saturated heterocycles. The molecule has 2 aliphatic rings. The summed E-state index contributed by atoms with van der Waals surface area (Å²) in [6.45, 7) is 3.28. The molecule has 1 aliphatic carbocycles. The van der Waals surface area contributed by atoms with Gasteiger partial charge < -0.3 is 4.90 Å². The fourth-order valence-electron chi connectivity index (χ4n) is 3.51. The fraction of sp³-hybridized carbons (Fsp3) is 0.400. The molecule has 0 spiro atoms. The van der Waals surface area contributed by atoms with Gasteiger partial charge in [-0.1, -0.05) is 30.3 Å². The van der Waals surface area contributed by atoms with E-state index in [4.69, 9.17) is 4.98 Å². The van der Waals surface area contributed by atoms with E-state index in [0.29, 0.717) is 32.4 Å². The minimum atomic E-state index is -0.744. The summed E-state index contributed by atoms with van der Waals surface area (Å²) in [6, 6.07) is 12.2. The van der Waals surface area contributed by atoms with Gasteiger partial charge in [-0.2, -0.15) is 5.26 Å². The van der Waals surface area contributed by atoms with Crippen LogP contribution in [0.25, 0.3) is 11.4 Å². The summed E-state index contributed by atoms with van der Waals surface area (Å²) in [6.07, 6.45) is 2.86. The number of aryl methyl sites for hydroxylation is 1. The number of rotatable bonds is 2. The van der Waals surface area contributed by atoms with Crippen molar-refractivity contribution >= 4 is 5.91 Å². The lowest BCUT2D eigenvalue weighted by molar-refractivity contribution is -0.134. The van der Waals surface area contributed by atoms with Crippen LogP contribution in [0, 0.1) is 23.7 Å². The maximum absolute atomic E-state index is 12.7. The van der Waals surface area contributed by atoms with Gasteiger partial charge in [0.2, 0.25) is 5.91 Å². The molecule has 5 nitrogen and oxygen atoms in total. The summed E-state index contributed by atoms with van der Waals surface area (Å²) < 4.78 is 0. The van der Waals surface area contributed by atoms with Crippen molar-refractivity contribution in [3.8, 4) is 17.5 Å². The van der Waals surface area contributed by atoms with Gasteiger partial charge in [-0.25, -0.2) is 9.97 Å². The molecule has 25 heavy (non-hydrogen) atoms. The first-order chi connectivity index (χ1) is 12.1. The number of benzene rings is 1. The molecule has 0 atom stereocenters. The molecule has 126 valence electrons. The third-order valence-electron chi connectivity index (χ3n) is 5.24. The largest absolute Gasteiger partial charge is 0.341 e. The fourth-order valence-corrected chi connectivity index (χ4v) is 3.51. The van der Waals surface area contributed by atoms with E-state index in [-0.39, 0.29) is 5.91 Å². The van der Waals surface area contributed by atoms with Gasteiger partial charge >= 0.3 is 0 Å². The monoisotopic (exact) mass is 332 g/mol. The van der Waals surface area contributed by atoms with Gasteiger partial charge in [0.15, 0.2) is 5.82 Å². The van der Waals surface area contributed by atoms with Crippen LogP contribution in [-0.4, -0.2) is 33.9 Å². The van der Waals surface area contributed by atoms with Gasteiger partial charge in [-0.15, -0.1) is 0 Å². The van der Waals surface area contributed by atoms with Crippen molar-refractivity contribution in [3.05, 3.63) is 47.3 Å². The van der Waals surface area contributed by atoms with Crippen LogP contribution in [0.15, 0.2) is 30.3 Å². The lowest BCUT2D eigenvalue weighted by Crippen LogP contribution is -2.38. The van der Waals surface area contributed by atoms with Crippen LogP contribution in [0.4, 0.5) is 0 Å². The highest BCUT2D eigenvalue weighted by molar-refractivity contribution is 5.88. The van der Waals surface area contributed by atoms with Crippen molar-refractivity contribution in [3.63, 3.8) is 0 Å². The maximum Gasteiger partial charge on any atom is 0.243 e. The smallest absolute Gasteiger partial charge is 0.243 e. The molecule has 0 unspecified atom stereocenters. The summed E-state index contributed by atoms with van der Waals surface area (Å²) in [5.74, 6) is 0.740. The van der Waals surface area contributed by atoms with Crippen molar-refractivity contribution in [1.82, 2.24) is 14.9 Å². The van der Waals surface area contributed by atoms with Crippen LogP contribution in [0.2, 0.25) is 0 Å². The topological polar surface area (TPSA) is 69.9 Å². The minimum Gasteiger partial charge on any atom is -0.341 e. The highest BCUT2D eigenvalue weighted by Gasteiger charge is 2.52. The normalized spacial score (nSPS) is 18.0. The molecular weight excluding hydrogens is 312 g/mol. The standard InChI is InChI=1S/C20H20N4O/c1-14-16-7-11-24(19(25)20(13-21)9-10-20)12-8-17(16)23-18(22-14)15-5-3-2-4-6-15/h2-6H,7-12H2,1H3. The zero-order valence-electron chi connectivity index (χ0n) is 14.3. The molecule has 0 N–H and O–H groups in total. The Morgan fingerprint density at radius 3 is 2.56 bits per heavy atom. The third kappa shape index (κ3) is 2.78. The highest BCUT2D eigenvalue weighted by Crippen LogP contribution is 2.46. The summed E-state index contributed by atoms with van der Waals surface area (Å²) in [5, 5.41) is 9.29. The first kappa shape index (κ1) is 15.8. The second-order valence-electron chi connectivity index (χ2n) is 6.91.